The summed E-state index contributed by atoms with van der Waals surface area (Å²) >= 11 is 6.28. The minimum Gasteiger partial charge on any atom is -0.491 e. The van der Waals surface area contributed by atoms with Gasteiger partial charge >= 0.3 is 0 Å². The predicted molar refractivity (Wildman–Crippen MR) is 110 cm³/mol. The first-order valence-electron chi connectivity index (χ1n) is 9.12. The molecule has 2 aromatic rings. The Morgan fingerprint density at radius 1 is 1.07 bits per heavy atom. The van der Waals surface area contributed by atoms with Crippen LogP contribution in [0, 0.1) is 0 Å². The molecule has 7 heteroatoms. The van der Waals surface area contributed by atoms with Gasteiger partial charge in [0.15, 0.2) is 0 Å². The van der Waals surface area contributed by atoms with Crippen LogP contribution in [-0.4, -0.2) is 50.1 Å². The van der Waals surface area contributed by atoms with Crippen molar-refractivity contribution in [3.63, 3.8) is 0 Å². The van der Waals surface area contributed by atoms with E-state index < -0.39 is 0 Å². The van der Waals surface area contributed by atoms with E-state index in [0.717, 1.165) is 0 Å². The Morgan fingerprint density at radius 2 is 1.82 bits per heavy atom. The number of nitrogens with one attached hydrogen (secondary N) is 1. The van der Waals surface area contributed by atoms with Crippen molar-refractivity contribution in [2.24, 2.45) is 0 Å². The standard InChI is InChI=1S/C21H25ClN2O4/c1-4-24(5-2)21(26)18-10-9-16(14-19(18)22)23-20(25)15-7-6-8-17(13-15)28-12-11-27-3/h6-10,13-14H,4-5,11-12H2,1-3H3,(H,23,25). The van der Waals surface area contributed by atoms with Gasteiger partial charge in [-0.05, 0) is 50.2 Å². The predicted octanol–water partition coefficient (Wildman–Crippen LogP) is 4.10. The third-order valence-corrected chi connectivity index (χ3v) is 4.47. The Hall–Kier alpha value is -2.57. The quantitative estimate of drug-likeness (QED) is 0.639. The van der Waals surface area contributed by atoms with Gasteiger partial charge in [0.25, 0.3) is 11.8 Å². The van der Waals surface area contributed by atoms with Crippen molar-refractivity contribution in [1.82, 2.24) is 4.90 Å². The largest absolute Gasteiger partial charge is 0.491 e. The van der Waals surface area contributed by atoms with E-state index in [9.17, 15) is 9.59 Å². The smallest absolute Gasteiger partial charge is 0.255 e. The van der Waals surface area contributed by atoms with E-state index in [1.165, 1.54) is 0 Å². The zero-order valence-corrected chi connectivity index (χ0v) is 17.1. The first kappa shape index (κ1) is 21.7. The minimum atomic E-state index is -0.295. The molecule has 0 saturated heterocycles. The number of rotatable bonds is 9. The van der Waals surface area contributed by atoms with Crippen LogP contribution < -0.4 is 10.1 Å². The van der Waals surface area contributed by atoms with Crippen LogP contribution in [0.25, 0.3) is 0 Å². The average Bonchev–Trinajstić information content (AvgIpc) is 2.69. The summed E-state index contributed by atoms with van der Waals surface area (Å²) in [5.41, 5.74) is 1.38. The van der Waals surface area contributed by atoms with Crippen LogP contribution in [0.3, 0.4) is 0 Å². The molecule has 2 rings (SSSR count). The average molecular weight is 405 g/mol. The van der Waals surface area contributed by atoms with Crippen LogP contribution in [0.5, 0.6) is 5.75 Å². The highest BCUT2D eigenvalue weighted by molar-refractivity contribution is 6.34. The second-order valence-corrected chi connectivity index (χ2v) is 6.40. The molecule has 0 heterocycles. The van der Waals surface area contributed by atoms with Gasteiger partial charge in [0, 0.05) is 31.5 Å². The lowest BCUT2D eigenvalue weighted by atomic mass is 10.1. The summed E-state index contributed by atoms with van der Waals surface area (Å²) in [6, 6.07) is 11.7. The summed E-state index contributed by atoms with van der Waals surface area (Å²) < 4.78 is 10.5. The zero-order chi connectivity index (χ0) is 20.5. The van der Waals surface area contributed by atoms with Crippen LogP contribution in [0.15, 0.2) is 42.5 Å². The highest BCUT2D eigenvalue weighted by Gasteiger charge is 2.17. The van der Waals surface area contributed by atoms with Crippen LogP contribution in [0.2, 0.25) is 5.02 Å². The van der Waals surface area contributed by atoms with E-state index in [1.54, 1.807) is 54.5 Å². The van der Waals surface area contributed by atoms with E-state index >= 15 is 0 Å². The number of hydrogen-bond acceptors (Lipinski definition) is 4. The van der Waals surface area contributed by atoms with Crippen LogP contribution in [0.1, 0.15) is 34.6 Å². The number of nitrogens with zero attached hydrogens (tertiary/aromatic N) is 1. The fourth-order valence-electron chi connectivity index (χ4n) is 2.62. The van der Waals surface area contributed by atoms with Gasteiger partial charge in [-0.3, -0.25) is 9.59 Å². The molecule has 2 aromatic carbocycles. The van der Waals surface area contributed by atoms with Gasteiger partial charge in [-0.15, -0.1) is 0 Å². The van der Waals surface area contributed by atoms with Crippen molar-refractivity contribution in [3.05, 3.63) is 58.6 Å². The molecule has 0 unspecified atom stereocenters. The number of halogens is 1. The fraction of sp³-hybridized carbons (Fsp3) is 0.333. The molecular weight excluding hydrogens is 380 g/mol. The van der Waals surface area contributed by atoms with E-state index in [0.29, 0.717) is 53.9 Å². The first-order chi connectivity index (χ1) is 13.5. The topological polar surface area (TPSA) is 67.9 Å². The van der Waals surface area contributed by atoms with Gasteiger partial charge in [-0.2, -0.15) is 0 Å². The molecule has 150 valence electrons. The van der Waals surface area contributed by atoms with Gasteiger partial charge in [0.1, 0.15) is 12.4 Å². The molecule has 0 aliphatic rings. The van der Waals surface area contributed by atoms with Gasteiger partial charge in [0.2, 0.25) is 0 Å². The maximum absolute atomic E-state index is 12.5. The van der Waals surface area contributed by atoms with Crippen molar-refractivity contribution in [2.75, 3.05) is 38.7 Å². The third-order valence-electron chi connectivity index (χ3n) is 4.16. The fourth-order valence-corrected chi connectivity index (χ4v) is 2.88. The Morgan fingerprint density at radius 3 is 2.46 bits per heavy atom. The van der Waals surface area contributed by atoms with Gasteiger partial charge in [-0.25, -0.2) is 0 Å². The number of methoxy groups -OCH3 is 1. The lowest BCUT2D eigenvalue weighted by Crippen LogP contribution is -2.30. The van der Waals surface area contributed by atoms with E-state index in [2.05, 4.69) is 5.32 Å². The maximum atomic E-state index is 12.5. The van der Waals surface area contributed by atoms with Gasteiger partial charge in [-0.1, -0.05) is 17.7 Å². The van der Waals surface area contributed by atoms with Crippen molar-refractivity contribution in [3.8, 4) is 5.75 Å². The molecule has 0 spiro atoms. The monoisotopic (exact) mass is 404 g/mol. The molecule has 28 heavy (non-hydrogen) atoms. The summed E-state index contributed by atoms with van der Waals surface area (Å²) in [6.07, 6.45) is 0. The molecule has 6 nitrogen and oxygen atoms in total. The van der Waals surface area contributed by atoms with Crippen molar-refractivity contribution < 1.29 is 19.1 Å². The summed E-state index contributed by atoms with van der Waals surface area (Å²) in [7, 11) is 1.60. The van der Waals surface area contributed by atoms with E-state index in [1.807, 2.05) is 13.8 Å². The molecule has 0 fully saturated rings. The molecule has 0 radical (unpaired) electrons. The Kier molecular flexibility index (Phi) is 8.29. The number of hydrogen-bond donors (Lipinski definition) is 1. The number of carbonyl (C=O) groups excluding carboxylic acids is 2. The normalized spacial score (nSPS) is 10.4. The number of amides is 2. The Bertz CT molecular complexity index is 822. The molecule has 0 aliphatic heterocycles. The summed E-state index contributed by atoms with van der Waals surface area (Å²) in [5, 5.41) is 3.09. The Balaban J connectivity index is 2.09. The molecule has 0 aromatic heterocycles. The minimum absolute atomic E-state index is 0.131. The molecule has 1 N–H and O–H groups in total. The second kappa shape index (κ2) is 10.7. The van der Waals surface area contributed by atoms with Crippen LogP contribution in [-0.2, 0) is 4.74 Å². The Labute approximate surface area is 170 Å². The molecule has 0 aliphatic carbocycles. The van der Waals surface area contributed by atoms with E-state index in [4.69, 9.17) is 21.1 Å². The van der Waals surface area contributed by atoms with Crippen molar-refractivity contribution in [1.29, 1.82) is 0 Å². The molecule has 0 bridgehead atoms. The molecular formula is C21H25ClN2O4. The first-order valence-corrected chi connectivity index (χ1v) is 9.49. The second-order valence-electron chi connectivity index (χ2n) is 6.00. The molecule has 2 amide bonds. The zero-order valence-electron chi connectivity index (χ0n) is 16.3. The number of benzene rings is 2. The highest BCUT2D eigenvalue weighted by atomic mass is 35.5. The lowest BCUT2D eigenvalue weighted by Gasteiger charge is -2.19. The number of anilines is 1. The van der Waals surface area contributed by atoms with Crippen LogP contribution in [0.4, 0.5) is 5.69 Å². The third kappa shape index (κ3) is 5.71. The van der Waals surface area contributed by atoms with E-state index in [-0.39, 0.29) is 11.8 Å². The molecule has 0 atom stereocenters. The SMILES string of the molecule is CCN(CC)C(=O)c1ccc(NC(=O)c2cccc(OCCOC)c2)cc1Cl. The van der Waals surface area contributed by atoms with Crippen molar-refractivity contribution >= 4 is 29.1 Å². The van der Waals surface area contributed by atoms with Crippen LogP contribution >= 0.6 is 11.6 Å². The van der Waals surface area contributed by atoms with Gasteiger partial charge < -0.3 is 19.7 Å². The molecule has 0 saturated carbocycles. The summed E-state index contributed by atoms with van der Waals surface area (Å²) in [6.45, 7) is 5.90. The van der Waals surface area contributed by atoms with Crippen molar-refractivity contribution in [2.45, 2.75) is 13.8 Å². The highest BCUT2D eigenvalue weighted by Crippen LogP contribution is 2.23. The van der Waals surface area contributed by atoms with Gasteiger partial charge in [0.05, 0.1) is 17.2 Å². The lowest BCUT2D eigenvalue weighted by molar-refractivity contribution is 0.0773. The number of carbonyl (C=O) groups is 2. The maximum Gasteiger partial charge on any atom is 0.255 e. The summed E-state index contributed by atoms with van der Waals surface area (Å²) in [4.78, 5) is 26.7. The number of ether oxygens (including phenoxy) is 2. The summed E-state index contributed by atoms with van der Waals surface area (Å²) in [5.74, 6) is 0.160.